The van der Waals surface area contributed by atoms with E-state index in [1.54, 1.807) is 6.20 Å². The van der Waals surface area contributed by atoms with Gasteiger partial charge in [-0.2, -0.15) is 19.9 Å². The number of pyridine rings is 2. The van der Waals surface area contributed by atoms with Crippen molar-refractivity contribution < 1.29 is 0 Å². The van der Waals surface area contributed by atoms with Gasteiger partial charge in [0.1, 0.15) is 11.6 Å². The number of piperidine rings is 2. The second kappa shape index (κ2) is 10.7. The highest BCUT2D eigenvalue weighted by Crippen LogP contribution is 2.27. The van der Waals surface area contributed by atoms with Crippen molar-refractivity contribution in [2.75, 3.05) is 55.3 Å². The molecule has 0 unspecified atom stereocenters. The third kappa shape index (κ3) is 5.48. The zero-order valence-corrected chi connectivity index (χ0v) is 22.6. The quantitative estimate of drug-likeness (QED) is 0.290. The molecule has 6 N–H and O–H groups in total. The van der Waals surface area contributed by atoms with E-state index in [1.165, 1.54) is 0 Å². The summed E-state index contributed by atoms with van der Waals surface area (Å²) in [6.07, 6.45) is 7.73. The number of nitrogens with two attached hydrogens (primary N) is 2. The van der Waals surface area contributed by atoms with E-state index in [2.05, 4.69) is 59.3 Å². The number of hydrogen-bond acceptors (Lipinski definition) is 12. The van der Waals surface area contributed by atoms with Crippen LogP contribution in [0.15, 0.2) is 24.5 Å². The van der Waals surface area contributed by atoms with Crippen molar-refractivity contribution in [1.82, 2.24) is 39.7 Å². The third-order valence-corrected chi connectivity index (χ3v) is 7.98. The van der Waals surface area contributed by atoms with Gasteiger partial charge in [-0.1, -0.05) is 0 Å². The van der Waals surface area contributed by atoms with Crippen molar-refractivity contribution in [3.05, 3.63) is 35.7 Å². The predicted molar refractivity (Wildman–Crippen MR) is 154 cm³/mol. The molecule has 39 heavy (non-hydrogen) atoms. The van der Waals surface area contributed by atoms with Crippen LogP contribution in [0.1, 0.15) is 36.8 Å². The number of nitrogens with one attached hydrogen (secondary N) is 2. The van der Waals surface area contributed by atoms with Crippen molar-refractivity contribution in [2.45, 2.75) is 51.2 Å². The molecule has 204 valence electrons. The molecule has 12 heteroatoms. The normalized spacial score (nSPS) is 18.1. The van der Waals surface area contributed by atoms with E-state index in [0.717, 1.165) is 80.3 Å². The maximum Gasteiger partial charge on any atom is 0.226 e. The molecule has 2 fully saturated rings. The number of anilines is 4. The van der Waals surface area contributed by atoms with Crippen LogP contribution in [0.25, 0.3) is 22.1 Å². The van der Waals surface area contributed by atoms with Crippen molar-refractivity contribution >= 4 is 45.6 Å². The molecule has 0 atom stereocenters. The minimum absolute atomic E-state index is 0.275. The summed E-state index contributed by atoms with van der Waals surface area (Å²) in [6, 6.07) is 4.36. The Morgan fingerprint density at radius 1 is 0.846 bits per heavy atom. The van der Waals surface area contributed by atoms with E-state index >= 15 is 0 Å². The summed E-state index contributed by atoms with van der Waals surface area (Å²) in [5.74, 6) is 2.03. The van der Waals surface area contributed by atoms with Gasteiger partial charge in [0.2, 0.25) is 11.9 Å². The number of aromatic nitrogens is 6. The molecule has 0 radical (unpaired) electrons. The SMILES string of the molecule is Cc1c(CN2CCC(Nc3nc(N)c4cccnc4n3)CC2)cnc2nc(NC3CCN(C)CC3)nc(N)c12. The second-order valence-corrected chi connectivity index (χ2v) is 10.8. The Balaban J connectivity index is 1.09. The summed E-state index contributed by atoms with van der Waals surface area (Å²) in [4.78, 5) is 32.1. The largest absolute Gasteiger partial charge is 0.383 e. The van der Waals surface area contributed by atoms with E-state index in [-0.39, 0.29) is 6.04 Å². The van der Waals surface area contributed by atoms with Crippen LogP contribution in [0, 0.1) is 6.92 Å². The Morgan fingerprint density at radius 3 is 2.21 bits per heavy atom. The summed E-state index contributed by atoms with van der Waals surface area (Å²) < 4.78 is 0. The van der Waals surface area contributed by atoms with Crippen LogP contribution in [-0.4, -0.2) is 85.0 Å². The summed E-state index contributed by atoms with van der Waals surface area (Å²) in [6.45, 7) is 6.92. The number of hydrogen-bond donors (Lipinski definition) is 4. The highest BCUT2D eigenvalue weighted by molar-refractivity contribution is 5.90. The third-order valence-electron chi connectivity index (χ3n) is 7.98. The molecule has 4 aromatic heterocycles. The zero-order valence-electron chi connectivity index (χ0n) is 22.6. The molecular formula is C27H36N12. The lowest BCUT2D eigenvalue weighted by Crippen LogP contribution is -2.39. The van der Waals surface area contributed by atoms with Gasteiger partial charge in [0.15, 0.2) is 11.3 Å². The van der Waals surface area contributed by atoms with Crippen LogP contribution in [0.4, 0.5) is 23.5 Å². The average Bonchev–Trinajstić information content (AvgIpc) is 2.92. The predicted octanol–water partition coefficient (Wildman–Crippen LogP) is 2.42. The molecule has 0 amide bonds. The van der Waals surface area contributed by atoms with Crippen molar-refractivity contribution in [3.8, 4) is 0 Å². The molecule has 0 saturated carbocycles. The molecule has 2 aliphatic heterocycles. The maximum atomic E-state index is 6.44. The molecule has 2 aliphatic rings. The molecule has 0 spiro atoms. The molecule has 2 saturated heterocycles. The first-order valence-corrected chi connectivity index (χ1v) is 13.7. The lowest BCUT2D eigenvalue weighted by atomic mass is 10.0. The number of likely N-dealkylation sites (tertiary alicyclic amines) is 2. The Bertz CT molecular complexity index is 1480. The first-order chi connectivity index (χ1) is 18.9. The van der Waals surface area contributed by atoms with Gasteiger partial charge in [-0.25, -0.2) is 9.97 Å². The first-order valence-electron chi connectivity index (χ1n) is 13.7. The summed E-state index contributed by atoms with van der Waals surface area (Å²) in [5.41, 5.74) is 16.1. The molecule has 12 nitrogen and oxygen atoms in total. The fourth-order valence-electron chi connectivity index (χ4n) is 5.58. The molecule has 0 aromatic carbocycles. The number of fused-ring (bicyclic) bond motifs is 2. The minimum Gasteiger partial charge on any atom is -0.383 e. The van der Waals surface area contributed by atoms with E-state index in [9.17, 15) is 0 Å². The lowest BCUT2D eigenvalue weighted by molar-refractivity contribution is 0.210. The molecule has 6 rings (SSSR count). The number of nitrogen functional groups attached to an aromatic ring is 2. The number of nitrogens with zero attached hydrogens (tertiary/aromatic N) is 8. The molecule has 4 aromatic rings. The van der Waals surface area contributed by atoms with Gasteiger partial charge < -0.3 is 27.0 Å². The number of rotatable bonds is 6. The maximum absolute atomic E-state index is 6.44. The Kier molecular flexibility index (Phi) is 6.96. The van der Waals surface area contributed by atoms with Crippen LogP contribution in [0.5, 0.6) is 0 Å². The van der Waals surface area contributed by atoms with Crippen molar-refractivity contribution in [1.29, 1.82) is 0 Å². The Morgan fingerprint density at radius 2 is 1.49 bits per heavy atom. The Hall–Kier alpha value is -3.90. The van der Waals surface area contributed by atoms with Crippen LogP contribution >= 0.6 is 0 Å². The van der Waals surface area contributed by atoms with Crippen LogP contribution in [0.3, 0.4) is 0 Å². The average molecular weight is 529 g/mol. The minimum atomic E-state index is 0.275. The van der Waals surface area contributed by atoms with Gasteiger partial charge >= 0.3 is 0 Å². The van der Waals surface area contributed by atoms with E-state index in [0.29, 0.717) is 40.9 Å². The van der Waals surface area contributed by atoms with E-state index in [4.69, 9.17) is 16.5 Å². The van der Waals surface area contributed by atoms with Crippen LogP contribution in [0.2, 0.25) is 0 Å². The van der Waals surface area contributed by atoms with Crippen molar-refractivity contribution in [2.24, 2.45) is 0 Å². The van der Waals surface area contributed by atoms with Gasteiger partial charge in [0.25, 0.3) is 0 Å². The van der Waals surface area contributed by atoms with Gasteiger partial charge in [0.05, 0.1) is 10.8 Å². The first kappa shape index (κ1) is 25.4. The fraction of sp³-hybridized carbons (Fsp3) is 0.481. The highest BCUT2D eigenvalue weighted by atomic mass is 15.2. The fourth-order valence-corrected chi connectivity index (χ4v) is 5.58. The standard InChI is InChI=1S/C27H36N12/c1-16-17(14-31-25-21(16)23(29)35-27(37-25)32-18-5-10-38(2)11-6-18)15-39-12-7-19(8-13-39)33-26-34-22(28)20-4-3-9-30-24(20)36-26/h3-4,9,14,18-19H,5-8,10-13,15H2,1-2H3,(H3,28,30,33,34,36)(H3,29,31,32,35,37). The topological polar surface area (TPSA) is 160 Å². The molecule has 6 heterocycles. The van der Waals surface area contributed by atoms with Gasteiger partial charge in [-0.05, 0) is 76.0 Å². The zero-order chi connectivity index (χ0) is 26.9. The summed E-state index contributed by atoms with van der Waals surface area (Å²) in [5, 5.41) is 8.54. The van der Waals surface area contributed by atoms with Gasteiger partial charge in [-0.3, -0.25) is 4.90 Å². The highest BCUT2D eigenvalue weighted by Gasteiger charge is 2.23. The summed E-state index contributed by atoms with van der Waals surface area (Å²) in [7, 11) is 2.15. The monoisotopic (exact) mass is 528 g/mol. The molecule has 0 aliphatic carbocycles. The van der Waals surface area contributed by atoms with Crippen LogP contribution in [-0.2, 0) is 6.54 Å². The number of aryl methyl sites for hydroxylation is 1. The second-order valence-electron chi connectivity index (χ2n) is 10.8. The van der Waals surface area contributed by atoms with Crippen molar-refractivity contribution in [3.63, 3.8) is 0 Å². The van der Waals surface area contributed by atoms with E-state index < -0.39 is 0 Å². The molecular weight excluding hydrogens is 492 g/mol. The molecule has 0 bridgehead atoms. The van der Waals surface area contributed by atoms with Gasteiger partial charge in [-0.15, -0.1) is 0 Å². The lowest BCUT2D eigenvalue weighted by Gasteiger charge is -2.32. The van der Waals surface area contributed by atoms with E-state index in [1.807, 2.05) is 18.3 Å². The Labute approximate surface area is 227 Å². The summed E-state index contributed by atoms with van der Waals surface area (Å²) >= 11 is 0. The smallest absolute Gasteiger partial charge is 0.226 e. The van der Waals surface area contributed by atoms with Crippen LogP contribution < -0.4 is 22.1 Å². The van der Waals surface area contributed by atoms with Gasteiger partial charge in [0, 0.05) is 44.1 Å².